The van der Waals surface area contributed by atoms with Crippen LogP contribution >= 0.6 is 0 Å². The Bertz CT molecular complexity index is 809. The monoisotopic (exact) mass is 382 g/mol. The molecule has 1 atom stereocenters. The van der Waals surface area contributed by atoms with E-state index in [0.29, 0.717) is 18.3 Å². The largest absolute Gasteiger partial charge is 0.467 e. The van der Waals surface area contributed by atoms with Crippen molar-refractivity contribution in [3.05, 3.63) is 47.3 Å². The summed E-state index contributed by atoms with van der Waals surface area (Å²) in [5.74, 6) is 0.100. The van der Waals surface area contributed by atoms with E-state index >= 15 is 0 Å². The zero-order chi connectivity index (χ0) is 19.5. The fourth-order valence-corrected chi connectivity index (χ4v) is 4.00. The van der Waals surface area contributed by atoms with Crippen molar-refractivity contribution in [3.63, 3.8) is 0 Å². The van der Waals surface area contributed by atoms with E-state index in [-0.39, 0.29) is 5.91 Å². The Balaban J connectivity index is 1.62. The highest BCUT2D eigenvalue weighted by atomic mass is 16.5. The fourth-order valence-electron chi connectivity index (χ4n) is 4.00. The van der Waals surface area contributed by atoms with Crippen molar-refractivity contribution >= 4 is 11.9 Å². The van der Waals surface area contributed by atoms with Crippen molar-refractivity contribution < 1.29 is 14.3 Å². The van der Waals surface area contributed by atoms with Crippen LogP contribution < -0.4 is 5.32 Å². The van der Waals surface area contributed by atoms with Crippen LogP contribution in [0.25, 0.3) is 0 Å². The van der Waals surface area contributed by atoms with Gasteiger partial charge < -0.3 is 15.0 Å². The van der Waals surface area contributed by atoms with Gasteiger partial charge in [-0.3, -0.25) is 9.78 Å². The Kier molecular flexibility index (Phi) is 5.41. The number of ether oxygens (including phenoxy) is 1. The summed E-state index contributed by atoms with van der Waals surface area (Å²) in [6.45, 7) is 0. The number of aromatic amines is 1. The first-order chi connectivity index (χ1) is 13.7. The number of hydrogen-bond acceptors (Lipinski definition) is 5. The second-order valence-corrected chi connectivity index (χ2v) is 7.78. The highest BCUT2D eigenvalue weighted by Gasteiger charge is 2.33. The lowest BCUT2D eigenvalue weighted by atomic mass is 9.73. The smallest absolute Gasteiger partial charge is 0.328 e. The topological polar surface area (TPSA) is 97.0 Å². The normalized spacial score (nSPS) is 18.0. The number of nitrogens with one attached hydrogen (secondary N) is 2. The van der Waals surface area contributed by atoms with Gasteiger partial charge in [0.2, 0.25) is 0 Å². The molecule has 7 nitrogen and oxygen atoms in total. The second-order valence-electron chi connectivity index (χ2n) is 7.78. The van der Waals surface area contributed by atoms with E-state index in [9.17, 15) is 9.59 Å². The summed E-state index contributed by atoms with van der Waals surface area (Å²) in [5, 5.41) is 2.92. The fraction of sp³-hybridized carbons (Fsp3) is 0.524. The number of imidazole rings is 1. The summed E-state index contributed by atoms with van der Waals surface area (Å²) in [6, 6.07) is -0.769. The molecule has 2 aromatic rings. The number of H-pyrrole nitrogens is 1. The Morgan fingerprint density at radius 3 is 2.21 bits per heavy atom. The van der Waals surface area contributed by atoms with E-state index in [1.54, 1.807) is 12.5 Å². The lowest BCUT2D eigenvalue weighted by Gasteiger charge is -2.32. The van der Waals surface area contributed by atoms with Crippen molar-refractivity contribution in [2.24, 2.45) is 0 Å². The zero-order valence-corrected chi connectivity index (χ0v) is 16.1. The third-order valence-electron chi connectivity index (χ3n) is 6.09. The Labute approximate surface area is 164 Å². The van der Waals surface area contributed by atoms with Crippen LogP contribution in [-0.4, -0.2) is 40.0 Å². The summed E-state index contributed by atoms with van der Waals surface area (Å²) < 4.78 is 4.92. The maximum atomic E-state index is 13.4. The van der Waals surface area contributed by atoms with Crippen molar-refractivity contribution in [2.75, 3.05) is 7.11 Å². The zero-order valence-electron chi connectivity index (χ0n) is 16.1. The molecule has 4 rings (SSSR count). The molecule has 7 heteroatoms. The number of methoxy groups -OCH3 is 1. The quantitative estimate of drug-likeness (QED) is 0.718. The summed E-state index contributed by atoms with van der Waals surface area (Å²) in [5.41, 5.74) is 3.54. The number of carbonyl (C=O) groups is 2. The summed E-state index contributed by atoms with van der Waals surface area (Å²) >= 11 is 0. The lowest BCUT2D eigenvalue weighted by molar-refractivity contribution is -0.142. The first-order valence-electron chi connectivity index (χ1n) is 10.0. The predicted molar refractivity (Wildman–Crippen MR) is 103 cm³/mol. The van der Waals surface area contributed by atoms with Crippen LogP contribution in [0.2, 0.25) is 0 Å². The van der Waals surface area contributed by atoms with Crippen molar-refractivity contribution in [1.82, 2.24) is 20.3 Å². The van der Waals surface area contributed by atoms with Crippen LogP contribution in [0.5, 0.6) is 0 Å². The van der Waals surface area contributed by atoms with Crippen LogP contribution in [-0.2, 0) is 16.0 Å². The molecule has 0 saturated heterocycles. The molecule has 2 N–H and O–H groups in total. The number of pyridine rings is 1. The van der Waals surface area contributed by atoms with E-state index < -0.39 is 12.0 Å². The SMILES string of the molecule is COC(=O)[C@@H](Cc1cnc[nH]1)NC(=O)c1c(C2CCC2)cncc1C1CCC1. The van der Waals surface area contributed by atoms with Gasteiger partial charge in [-0.15, -0.1) is 0 Å². The molecule has 0 spiro atoms. The van der Waals surface area contributed by atoms with Gasteiger partial charge in [0.1, 0.15) is 6.04 Å². The molecule has 2 aliphatic carbocycles. The van der Waals surface area contributed by atoms with Gasteiger partial charge in [-0.1, -0.05) is 12.8 Å². The maximum absolute atomic E-state index is 13.4. The first-order valence-corrected chi connectivity index (χ1v) is 10.0. The molecule has 0 radical (unpaired) electrons. The lowest BCUT2D eigenvalue weighted by Crippen LogP contribution is -2.44. The summed E-state index contributed by atoms with van der Waals surface area (Å²) in [6.07, 6.45) is 13.9. The van der Waals surface area contributed by atoms with Gasteiger partial charge in [0.15, 0.2) is 0 Å². The standard InChI is InChI=1S/C21H26N4O3/c1-28-21(27)18(8-15-9-23-12-24-15)25-20(26)19-16(13-4-2-5-13)10-22-11-17(19)14-6-3-7-14/h9-14,18H,2-8H2,1H3,(H,23,24)(H,25,26)/t18-/m1/s1. The highest BCUT2D eigenvalue weighted by Crippen LogP contribution is 2.43. The van der Waals surface area contributed by atoms with Gasteiger partial charge in [0, 0.05) is 36.3 Å². The van der Waals surface area contributed by atoms with E-state index in [2.05, 4.69) is 20.3 Å². The van der Waals surface area contributed by atoms with Gasteiger partial charge in [-0.2, -0.15) is 0 Å². The minimum Gasteiger partial charge on any atom is -0.467 e. The van der Waals surface area contributed by atoms with E-state index in [1.807, 2.05) is 12.4 Å². The number of rotatable bonds is 7. The molecular weight excluding hydrogens is 356 g/mol. The van der Waals surface area contributed by atoms with Gasteiger partial charge in [-0.25, -0.2) is 9.78 Å². The summed E-state index contributed by atoms with van der Waals surface area (Å²) in [7, 11) is 1.33. The Morgan fingerprint density at radius 2 is 1.75 bits per heavy atom. The van der Waals surface area contributed by atoms with Crippen LogP contribution in [0, 0.1) is 0 Å². The molecule has 2 aliphatic rings. The molecule has 0 aromatic carbocycles. The second kappa shape index (κ2) is 8.12. The van der Waals surface area contributed by atoms with Gasteiger partial charge >= 0.3 is 5.97 Å². The van der Waals surface area contributed by atoms with Crippen LogP contribution in [0.15, 0.2) is 24.9 Å². The minimum atomic E-state index is -0.769. The number of nitrogens with zero attached hydrogens (tertiary/aromatic N) is 2. The minimum absolute atomic E-state index is 0.207. The number of hydrogen-bond donors (Lipinski definition) is 2. The number of esters is 1. The van der Waals surface area contributed by atoms with Gasteiger partial charge in [0.25, 0.3) is 5.91 Å². The molecule has 148 valence electrons. The van der Waals surface area contributed by atoms with Crippen molar-refractivity contribution in [3.8, 4) is 0 Å². The van der Waals surface area contributed by atoms with Crippen molar-refractivity contribution in [1.29, 1.82) is 0 Å². The van der Waals surface area contributed by atoms with Gasteiger partial charge in [-0.05, 0) is 48.6 Å². The van der Waals surface area contributed by atoms with E-state index in [4.69, 9.17) is 4.74 Å². The maximum Gasteiger partial charge on any atom is 0.328 e. The number of carbonyl (C=O) groups excluding carboxylic acids is 2. The van der Waals surface area contributed by atoms with Crippen LogP contribution in [0.1, 0.15) is 77.5 Å². The van der Waals surface area contributed by atoms with Crippen LogP contribution in [0.4, 0.5) is 0 Å². The molecule has 0 bridgehead atoms. The molecule has 2 saturated carbocycles. The van der Waals surface area contributed by atoms with E-state index in [1.165, 1.54) is 20.0 Å². The van der Waals surface area contributed by atoms with Crippen molar-refractivity contribution in [2.45, 2.75) is 62.8 Å². The average Bonchev–Trinajstić information content (AvgIpc) is 3.11. The molecule has 1 amide bonds. The Hall–Kier alpha value is -2.70. The molecular formula is C21H26N4O3. The highest BCUT2D eigenvalue weighted by molar-refractivity contribution is 5.99. The number of aromatic nitrogens is 3. The number of amides is 1. The molecule has 28 heavy (non-hydrogen) atoms. The van der Waals surface area contributed by atoms with Crippen LogP contribution in [0.3, 0.4) is 0 Å². The molecule has 2 fully saturated rings. The molecule has 2 heterocycles. The Morgan fingerprint density at radius 1 is 1.11 bits per heavy atom. The summed E-state index contributed by atoms with van der Waals surface area (Å²) in [4.78, 5) is 37.1. The molecule has 2 aromatic heterocycles. The third-order valence-corrected chi connectivity index (χ3v) is 6.09. The molecule has 0 aliphatic heterocycles. The van der Waals surface area contributed by atoms with Gasteiger partial charge in [0.05, 0.1) is 13.4 Å². The predicted octanol–water partition coefficient (Wildman–Crippen LogP) is 2.85. The first kappa shape index (κ1) is 18.7. The molecule has 0 unspecified atom stereocenters. The third kappa shape index (κ3) is 3.66. The van der Waals surface area contributed by atoms with E-state index in [0.717, 1.165) is 48.1 Å². The average molecular weight is 382 g/mol.